The first-order valence-corrected chi connectivity index (χ1v) is 12.4. The molecule has 1 heterocycles. The lowest BCUT2D eigenvalue weighted by Gasteiger charge is -2.34. The third-order valence-corrected chi connectivity index (χ3v) is 6.51. The van der Waals surface area contributed by atoms with Crippen LogP contribution < -0.4 is 10.2 Å². The Labute approximate surface area is 217 Å². The highest BCUT2D eigenvalue weighted by Gasteiger charge is 2.33. The topological polar surface area (TPSA) is 83.4 Å². The van der Waals surface area contributed by atoms with Gasteiger partial charge in [-0.25, -0.2) is 4.68 Å². The van der Waals surface area contributed by atoms with Gasteiger partial charge in [0.2, 0.25) is 11.8 Å². The number of benzene rings is 3. The van der Waals surface area contributed by atoms with Gasteiger partial charge in [0, 0.05) is 32.0 Å². The van der Waals surface area contributed by atoms with E-state index < -0.39 is 6.04 Å². The van der Waals surface area contributed by atoms with Crippen molar-refractivity contribution in [2.45, 2.75) is 39.9 Å². The van der Waals surface area contributed by atoms with Crippen LogP contribution in [0.4, 0.5) is 11.4 Å². The lowest BCUT2D eigenvalue weighted by molar-refractivity contribution is -0.141. The summed E-state index contributed by atoms with van der Waals surface area (Å²) in [6.07, 6.45) is 0. The largest absolute Gasteiger partial charge is 0.378 e. The number of anilines is 2. The minimum absolute atomic E-state index is 0.0135. The van der Waals surface area contributed by atoms with Crippen LogP contribution in [0.25, 0.3) is 11.0 Å². The molecule has 8 heteroatoms. The summed E-state index contributed by atoms with van der Waals surface area (Å²) in [4.78, 5) is 31.2. The molecule has 0 saturated heterocycles. The molecule has 0 aliphatic rings. The molecular formula is C29H34N6O2. The summed E-state index contributed by atoms with van der Waals surface area (Å²) in [5, 5.41) is 11.4. The van der Waals surface area contributed by atoms with Gasteiger partial charge in [-0.05, 0) is 60.4 Å². The Morgan fingerprint density at radius 2 is 1.62 bits per heavy atom. The van der Waals surface area contributed by atoms with Crippen LogP contribution in [0.15, 0.2) is 72.8 Å². The van der Waals surface area contributed by atoms with Crippen LogP contribution in [0.2, 0.25) is 0 Å². The minimum Gasteiger partial charge on any atom is -0.378 e. The monoisotopic (exact) mass is 498 g/mol. The highest BCUT2D eigenvalue weighted by Crippen LogP contribution is 2.22. The zero-order chi connectivity index (χ0) is 26.5. The van der Waals surface area contributed by atoms with Gasteiger partial charge in [-0.2, -0.15) is 0 Å². The number of aryl methyl sites for hydroxylation is 1. The number of rotatable bonds is 9. The molecule has 0 unspecified atom stereocenters. The van der Waals surface area contributed by atoms with Crippen LogP contribution in [0.3, 0.4) is 0 Å². The summed E-state index contributed by atoms with van der Waals surface area (Å²) < 4.78 is 1.60. The van der Waals surface area contributed by atoms with Crippen molar-refractivity contribution in [3.05, 3.63) is 83.9 Å². The number of hydrogen-bond donors (Lipinski definition) is 1. The number of carbonyl (C=O) groups is 2. The van der Waals surface area contributed by atoms with Gasteiger partial charge in [-0.3, -0.25) is 9.59 Å². The van der Waals surface area contributed by atoms with E-state index in [1.807, 2.05) is 113 Å². The van der Waals surface area contributed by atoms with Gasteiger partial charge in [-0.15, -0.1) is 5.10 Å². The van der Waals surface area contributed by atoms with Crippen LogP contribution in [0.1, 0.15) is 25.0 Å². The molecule has 1 N–H and O–H groups in total. The number of carbonyl (C=O) groups excluding carboxylic acids is 2. The number of para-hydroxylation sites is 1. The predicted molar refractivity (Wildman–Crippen MR) is 147 cm³/mol. The fourth-order valence-electron chi connectivity index (χ4n) is 4.43. The maximum atomic E-state index is 13.8. The Bertz CT molecular complexity index is 1380. The second-order valence-corrected chi connectivity index (χ2v) is 9.80. The van der Waals surface area contributed by atoms with Gasteiger partial charge < -0.3 is 15.1 Å². The van der Waals surface area contributed by atoms with E-state index in [1.165, 1.54) is 0 Å². The molecule has 8 nitrogen and oxygen atoms in total. The van der Waals surface area contributed by atoms with E-state index in [4.69, 9.17) is 0 Å². The van der Waals surface area contributed by atoms with Gasteiger partial charge in [0.1, 0.15) is 18.1 Å². The van der Waals surface area contributed by atoms with Crippen LogP contribution in [-0.2, 0) is 22.7 Å². The molecule has 0 fully saturated rings. The molecule has 0 saturated carbocycles. The van der Waals surface area contributed by atoms with E-state index >= 15 is 0 Å². The SMILES string of the molecule is Cc1ccccc1CN(C(=O)Cn1nnc2ccccc21)[C@H](C(=O)Nc1ccc(N(C)C)cc1)C(C)C. The van der Waals surface area contributed by atoms with Gasteiger partial charge in [0.25, 0.3) is 0 Å². The van der Waals surface area contributed by atoms with Crippen LogP contribution in [-0.4, -0.2) is 51.8 Å². The summed E-state index contributed by atoms with van der Waals surface area (Å²) in [6, 6.07) is 22.4. The van der Waals surface area contributed by atoms with Crippen molar-refractivity contribution in [3.63, 3.8) is 0 Å². The van der Waals surface area contributed by atoms with Crippen molar-refractivity contribution in [3.8, 4) is 0 Å². The third-order valence-electron chi connectivity index (χ3n) is 6.51. The number of nitrogens with zero attached hydrogens (tertiary/aromatic N) is 5. The van der Waals surface area contributed by atoms with Crippen molar-refractivity contribution >= 4 is 34.2 Å². The lowest BCUT2D eigenvalue weighted by Crippen LogP contribution is -2.51. The van der Waals surface area contributed by atoms with Crippen molar-refractivity contribution in [2.75, 3.05) is 24.3 Å². The van der Waals surface area contributed by atoms with Gasteiger partial charge in [0.15, 0.2) is 0 Å². The maximum Gasteiger partial charge on any atom is 0.247 e. The molecule has 0 bridgehead atoms. The quantitative estimate of drug-likeness (QED) is 0.367. The first-order valence-electron chi connectivity index (χ1n) is 12.4. The Hall–Kier alpha value is -4.20. The van der Waals surface area contributed by atoms with Crippen molar-refractivity contribution in [2.24, 2.45) is 5.92 Å². The molecule has 1 atom stereocenters. The summed E-state index contributed by atoms with van der Waals surface area (Å²) in [7, 11) is 3.94. The average Bonchev–Trinajstić information content (AvgIpc) is 3.27. The van der Waals surface area contributed by atoms with E-state index in [0.717, 1.165) is 27.8 Å². The first-order chi connectivity index (χ1) is 17.7. The summed E-state index contributed by atoms with van der Waals surface area (Å²) in [5.74, 6) is -0.546. The van der Waals surface area contributed by atoms with Gasteiger partial charge >= 0.3 is 0 Å². The lowest BCUT2D eigenvalue weighted by atomic mass is 9.99. The standard InChI is InChI=1S/C29H34N6O2/c1-20(2)28(29(37)30-23-14-16-24(17-15-23)33(4)5)34(18-22-11-7-6-10-21(22)3)27(36)19-35-26-13-9-8-12-25(26)31-32-35/h6-17,20,28H,18-19H2,1-5H3,(H,30,37)/t28-/m0/s1. The molecule has 0 aliphatic carbocycles. The average molecular weight is 499 g/mol. The van der Waals surface area contributed by atoms with E-state index in [9.17, 15) is 9.59 Å². The summed E-state index contributed by atoms with van der Waals surface area (Å²) in [6.45, 7) is 6.23. The molecule has 4 aromatic rings. The maximum absolute atomic E-state index is 13.8. The molecule has 0 spiro atoms. The summed E-state index contributed by atoms with van der Waals surface area (Å²) >= 11 is 0. The van der Waals surface area contributed by atoms with Gasteiger partial charge in [0.05, 0.1) is 5.52 Å². The second-order valence-electron chi connectivity index (χ2n) is 9.80. The Kier molecular flexibility index (Phi) is 7.86. The van der Waals surface area contributed by atoms with Gasteiger partial charge in [-0.1, -0.05) is 55.5 Å². The highest BCUT2D eigenvalue weighted by atomic mass is 16.2. The van der Waals surface area contributed by atoms with Crippen molar-refractivity contribution in [1.29, 1.82) is 0 Å². The van der Waals surface area contributed by atoms with Crippen molar-refractivity contribution < 1.29 is 9.59 Å². The number of nitrogens with one attached hydrogen (secondary N) is 1. The normalized spacial score (nSPS) is 11.9. The zero-order valence-corrected chi connectivity index (χ0v) is 22.0. The van der Waals surface area contributed by atoms with Crippen LogP contribution in [0.5, 0.6) is 0 Å². The number of fused-ring (bicyclic) bond motifs is 1. The van der Waals surface area contributed by atoms with E-state index in [-0.39, 0.29) is 24.3 Å². The Morgan fingerprint density at radius 3 is 2.30 bits per heavy atom. The van der Waals surface area contributed by atoms with E-state index in [2.05, 4.69) is 15.6 Å². The predicted octanol–water partition coefficient (Wildman–Crippen LogP) is 4.50. The molecule has 0 aliphatic heterocycles. The molecule has 192 valence electrons. The molecule has 0 radical (unpaired) electrons. The minimum atomic E-state index is -0.685. The van der Waals surface area contributed by atoms with E-state index in [0.29, 0.717) is 12.2 Å². The Balaban J connectivity index is 1.64. The molecule has 4 rings (SSSR count). The smallest absolute Gasteiger partial charge is 0.247 e. The molecule has 2 amide bonds. The second kappa shape index (κ2) is 11.2. The number of aromatic nitrogens is 3. The first kappa shape index (κ1) is 25.9. The third kappa shape index (κ3) is 5.97. The van der Waals surface area contributed by atoms with Crippen molar-refractivity contribution in [1.82, 2.24) is 19.9 Å². The number of hydrogen-bond acceptors (Lipinski definition) is 5. The van der Waals surface area contributed by atoms with Crippen LogP contribution in [0, 0.1) is 12.8 Å². The highest BCUT2D eigenvalue weighted by molar-refractivity contribution is 5.97. The molecular weight excluding hydrogens is 464 g/mol. The zero-order valence-electron chi connectivity index (χ0n) is 22.0. The Morgan fingerprint density at radius 1 is 0.946 bits per heavy atom. The van der Waals surface area contributed by atoms with E-state index in [1.54, 1.807) is 9.58 Å². The molecule has 3 aromatic carbocycles. The fraction of sp³-hybridized carbons (Fsp3) is 0.310. The summed E-state index contributed by atoms with van der Waals surface area (Å²) in [5.41, 5.74) is 5.28. The molecule has 37 heavy (non-hydrogen) atoms. The number of amides is 2. The fourth-order valence-corrected chi connectivity index (χ4v) is 4.43. The molecule has 1 aromatic heterocycles. The van der Waals surface area contributed by atoms with Crippen LogP contribution >= 0.6 is 0 Å².